The fourth-order valence-electron chi connectivity index (χ4n) is 1.84. The third-order valence-corrected chi connectivity index (χ3v) is 3.99. The summed E-state index contributed by atoms with van der Waals surface area (Å²) in [6, 6.07) is 5.42. The van der Waals surface area contributed by atoms with E-state index in [1.165, 1.54) is 0 Å². The number of hydrogen-bond donors (Lipinski definition) is 1. The number of aliphatic hydroxyl groups excluding tert-OH is 1. The van der Waals surface area contributed by atoms with Crippen LogP contribution in [0.15, 0.2) is 23.6 Å². The molecule has 0 unspecified atom stereocenters. The molecule has 0 aliphatic rings. The molecule has 1 aromatic heterocycles. The van der Waals surface area contributed by atoms with Gasteiger partial charge in [0.05, 0.1) is 23.9 Å². The lowest BCUT2D eigenvalue weighted by atomic mass is 10.1. The van der Waals surface area contributed by atoms with Crippen LogP contribution in [-0.4, -0.2) is 17.2 Å². The van der Waals surface area contributed by atoms with Crippen molar-refractivity contribution in [1.82, 2.24) is 4.98 Å². The van der Waals surface area contributed by atoms with Crippen molar-refractivity contribution in [1.29, 1.82) is 0 Å². The number of ether oxygens (including phenoxy) is 2. The number of rotatable bonds is 6. The summed E-state index contributed by atoms with van der Waals surface area (Å²) in [7, 11) is 1.61. The summed E-state index contributed by atoms with van der Waals surface area (Å²) in [5.74, 6) is 1.34. The van der Waals surface area contributed by atoms with E-state index < -0.39 is 6.10 Å². The molecular weight excluding hydrogens is 274 g/mol. The lowest BCUT2D eigenvalue weighted by molar-refractivity contribution is 0.189. The van der Waals surface area contributed by atoms with E-state index in [2.05, 4.69) is 11.9 Å². The normalized spacial score (nSPS) is 12.2. The van der Waals surface area contributed by atoms with E-state index in [0.29, 0.717) is 18.1 Å². The maximum absolute atomic E-state index is 9.77. The molecule has 108 valence electrons. The fraction of sp³-hybridized carbons (Fsp3) is 0.400. The van der Waals surface area contributed by atoms with E-state index in [0.717, 1.165) is 22.7 Å². The van der Waals surface area contributed by atoms with Gasteiger partial charge in [-0.15, -0.1) is 11.3 Å². The lowest BCUT2D eigenvalue weighted by Crippen LogP contribution is -2.02. The van der Waals surface area contributed by atoms with Crippen LogP contribution in [0.1, 0.15) is 36.2 Å². The van der Waals surface area contributed by atoms with E-state index in [-0.39, 0.29) is 0 Å². The van der Waals surface area contributed by atoms with E-state index in [1.807, 2.05) is 17.5 Å². The van der Waals surface area contributed by atoms with Crippen molar-refractivity contribution in [3.8, 4) is 11.5 Å². The SMILES string of the molecule is CCc1nc(COc2cc(OC)ccc2[C@H](C)O)cs1. The number of aromatic nitrogens is 1. The Hall–Kier alpha value is -1.59. The molecular formula is C15H19NO3S. The maximum Gasteiger partial charge on any atom is 0.131 e. The molecule has 1 atom stereocenters. The first-order chi connectivity index (χ1) is 9.63. The van der Waals surface area contributed by atoms with Gasteiger partial charge in [-0.25, -0.2) is 4.98 Å². The summed E-state index contributed by atoms with van der Waals surface area (Å²) in [6.07, 6.45) is 0.348. The molecule has 2 aromatic rings. The Morgan fingerprint density at radius 3 is 2.80 bits per heavy atom. The van der Waals surface area contributed by atoms with Crippen molar-refractivity contribution in [3.05, 3.63) is 39.8 Å². The summed E-state index contributed by atoms with van der Waals surface area (Å²) < 4.78 is 11.0. The predicted octanol–water partition coefficient (Wildman–Crippen LogP) is 3.35. The highest BCUT2D eigenvalue weighted by Gasteiger charge is 2.11. The van der Waals surface area contributed by atoms with Crippen LogP contribution in [0.4, 0.5) is 0 Å². The van der Waals surface area contributed by atoms with Crippen molar-refractivity contribution in [3.63, 3.8) is 0 Å². The van der Waals surface area contributed by atoms with Crippen LogP contribution >= 0.6 is 11.3 Å². The summed E-state index contributed by atoms with van der Waals surface area (Å²) in [6.45, 7) is 4.19. The first kappa shape index (κ1) is 14.8. The molecule has 0 aliphatic carbocycles. The highest BCUT2D eigenvalue weighted by Crippen LogP contribution is 2.30. The van der Waals surface area contributed by atoms with Crippen molar-refractivity contribution in [2.45, 2.75) is 33.0 Å². The van der Waals surface area contributed by atoms with Crippen LogP contribution in [0.25, 0.3) is 0 Å². The van der Waals surface area contributed by atoms with Gasteiger partial charge in [-0.1, -0.05) is 6.92 Å². The molecule has 0 bridgehead atoms. The molecule has 0 amide bonds. The Labute approximate surface area is 123 Å². The third-order valence-electron chi connectivity index (χ3n) is 2.95. The first-order valence-electron chi connectivity index (χ1n) is 6.56. The summed E-state index contributed by atoms with van der Waals surface area (Å²) in [5.41, 5.74) is 1.66. The summed E-state index contributed by atoms with van der Waals surface area (Å²) in [4.78, 5) is 4.46. The molecule has 1 heterocycles. The Morgan fingerprint density at radius 1 is 1.40 bits per heavy atom. The molecule has 0 saturated carbocycles. The second kappa shape index (κ2) is 6.72. The molecule has 2 rings (SSSR count). The van der Waals surface area contributed by atoms with Crippen LogP contribution in [-0.2, 0) is 13.0 Å². The Bertz CT molecular complexity index is 566. The van der Waals surface area contributed by atoms with Gasteiger partial charge in [0.25, 0.3) is 0 Å². The number of nitrogens with zero attached hydrogens (tertiary/aromatic N) is 1. The standard InChI is InChI=1S/C15H19NO3S/c1-4-15-16-11(9-20-15)8-19-14-7-12(18-3)5-6-13(14)10(2)17/h5-7,9-10,17H,4,8H2,1-3H3/t10-/m0/s1. The van der Waals surface area contributed by atoms with Crippen LogP contribution in [0, 0.1) is 0 Å². The second-order valence-electron chi connectivity index (χ2n) is 4.45. The zero-order chi connectivity index (χ0) is 14.5. The number of benzene rings is 1. The first-order valence-corrected chi connectivity index (χ1v) is 7.44. The number of hydrogen-bond acceptors (Lipinski definition) is 5. The minimum absolute atomic E-state index is 0.392. The zero-order valence-electron chi connectivity index (χ0n) is 11.9. The molecule has 1 N–H and O–H groups in total. The quantitative estimate of drug-likeness (QED) is 0.887. The van der Waals surface area contributed by atoms with E-state index in [4.69, 9.17) is 9.47 Å². The molecule has 0 fully saturated rings. The Kier molecular flexibility index (Phi) is 4.98. The Balaban J connectivity index is 2.14. The van der Waals surface area contributed by atoms with E-state index in [1.54, 1.807) is 31.4 Å². The van der Waals surface area contributed by atoms with Crippen molar-refractivity contribution >= 4 is 11.3 Å². The number of methoxy groups -OCH3 is 1. The molecule has 0 radical (unpaired) electrons. The highest BCUT2D eigenvalue weighted by molar-refractivity contribution is 7.09. The van der Waals surface area contributed by atoms with Crippen molar-refractivity contribution < 1.29 is 14.6 Å². The van der Waals surface area contributed by atoms with Gasteiger partial charge in [0.2, 0.25) is 0 Å². The largest absolute Gasteiger partial charge is 0.497 e. The summed E-state index contributed by atoms with van der Waals surface area (Å²) >= 11 is 1.64. The van der Waals surface area contributed by atoms with Crippen LogP contribution in [0.5, 0.6) is 11.5 Å². The van der Waals surface area contributed by atoms with Gasteiger partial charge in [-0.3, -0.25) is 0 Å². The number of aryl methyl sites for hydroxylation is 1. The average Bonchev–Trinajstić information content (AvgIpc) is 2.92. The molecule has 0 aliphatic heterocycles. The van der Waals surface area contributed by atoms with E-state index in [9.17, 15) is 5.11 Å². The Morgan fingerprint density at radius 2 is 2.20 bits per heavy atom. The van der Waals surface area contributed by atoms with E-state index >= 15 is 0 Å². The number of aliphatic hydroxyl groups is 1. The summed E-state index contributed by atoms with van der Waals surface area (Å²) in [5, 5.41) is 12.9. The smallest absolute Gasteiger partial charge is 0.131 e. The topological polar surface area (TPSA) is 51.6 Å². The average molecular weight is 293 g/mol. The van der Waals surface area contributed by atoms with Crippen molar-refractivity contribution in [2.24, 2.45) is 0 Å². The van der Waals surface area contributed by atoms with Crippen LogP contribution in [0.2, 0.25) is 0 Å². The highest BCUT2D eigenvalue weighted by atomic mass is 32.1. The molecule has 1 aromatic carbocycles. The fourth-order valence-corrected chi connectivity index (χ4v) is 2.57. The third kappa shape index (κ3) is 3.49. The molecule has 20 heavy (non-hydrogen) atoms. The van der Waals surface area contributed by atoms with Crippen LogP contribution in [0.3, 0.4) is 0 Å². The van der Waals surface area contributed by atoms with Crippen LogP contribution < -0.4 is 9.47 Å². The van der Waals surface area contributed by atoms with Gasteiger partial charge in [0, 0.05) is 17.0 Å². The van der Waals surface area contributed by atoms with Gasteiger partial charge in [-0.2, -0.15) is 0 Å². The molecule has 0 saturated heterocycles. The predicted molar refractivity (Wildman–Crippen MR) is 79.5 cm³/mol. The zero-order valence-corrected chi connectivity index (χ0v) is 12.7. The lowest BCUT2D eigenvalue weighted by Gasteiger charge is -2.14. The minimum atomic E-state index is -0.586. The number of thiazole rings is 1. The molecule has 5 heteroatoms. The van der Waals surface area contributed by atoms with Gasteiger partial charge < -0.3 is 14.6 Å². The second-order valence-corrected chi connectivity index (χ2v) is 5.40. The maximum atomic E-state index is 9.77. The van der Waals surface area contributed by atoms with Gasteiger partial charge in [-0.05, 0) is 25.5 Å². The van der Waals surface area contributed by atoms with Crippen molar-refractivity contribution in [2.75, 3.05) is 7.11 Å². The van der Waals surface area contributed by atoms with Gasteiger partial charge >= 0.3 is 0 Å². The molecule has 0 spiro atoms. The molecule has 4 nitrogen and oxygen atoms in total. The minimum Gasteiger partial charge on any atom is -0.497 e. The monoisotopic (exact) mass is 293 g/mol. The van der Waals surface area contributed by atoms with Gasteiger partial charge in [0.15, 0.2) is 0 Å². The van der Waals surface area contributed by atoms with Gasteiger partial charge in [0.1, 0.15) is 18.1 Å².